The summed E-state index contributed by atoms with van der Waals surface area (Å²) in [6.07, 6.45) is 2.01. The van der Waals surface area contributed by atoms with E-state index in [1.807, 2.05) is 43.5 Å². The Hall–Kier alpha value is -2.01. The SMILES string of the molecule is CCNC(=NCc1ccc(N2CCNC(=O)C2)cc1)NCc1ccc(F)cc1CSC.I. The molecule has 1 saturated heterocycles. The molecule has 32 heavy (non-hydrogen) atoms. The third-order valence-electron chi connectivity index (χ3n) is 5.02. The van der Waals surface area contributed by atoms with Crippen LogP contribution in [0.1, 0.15) is 23.6 Å². The minimum Gasteiger partial charge on any atom is -0.360 e. The number of hydrogen-bond acceptors (Lipinski definition) is 4. The fourth-order valence-electron chi connectivity index (χ4n) is 3.42. The Bertz CT molecular complexity index is 910. The van der Waals surface area contributed by atoms with Crippen molar-refractivity contribution in [3.05, 3.63) is 65.0 Å². The normalized spacial score (nSPS) is 13.9. The molecule has 3 N–H and O–H groups in total. The van der Waals surface area contributed by atoms with E-state index in [1.54, 1.807) is 17.8 Å². The summed E-state index contributed by atoms with van der Waals surface area (Å²) in [5, 5.41) is 9.45. The first kappa shape index (κ1) is 26.2. The quantitative estimate of drug-likeness (QED) is 0.257. The van der Waals surface area contributed by atoms with Crippen molar-refractivity contribution in [2.24, 2.45) is 4.99 Å². The highest BCUT2D eigenvalue weighted by molar-refractivity contribution is 14.0. The lowest BCUT2D eigenvalue weighted by molar-refractivity contribution is -0.120. The Balaban J connectivity index is 0.00000363. The standard InChI is InChI=1S/C23H30FN5OS.HI/c1-3-25-23(28-14-18-6-7-20(24)12-19(18)16-31-2)27-13-17-4-8-21(9-5-17)29-11-10-26-22(30)15-29;/h4-9,12H,3,10-11,13-16H2,1-2H3,(H,26,30)(H2,25,27,28);1H. The summed E-state index contributed by atoms with van der Waals surface area (Å²) in [5.41, 5.74) is 4.20. The summed E-state index contributed by atoms with van der Waals surface area (Å²) in [5.74, 6) is 1.34. The van der Waals surface area contributed by atoms with Gasteiger partial charge in [0.05, 0.1) is 13.1 Å². The number of nitrogens with zero attached hydrogens (tertiary/aromatic N) is 2. The van der Waals surface area contributed by atoms with Gasteiger partial charge in [0, 0.05) is 37.6 Å². The lowest BCUT2D eigenvalue weighted by atomic mass is 10.1. The number of carbonyl (C=O) groups is 1. The summed E-state index contributed by atoms with van der Waals surface area (Å²) in [6, 6.07) is 13.1. The average Bonchev–Trinajstić information content (AvgIpc) is 2.77. The highest BCUT2D eigenvalue weighted by Gasteiger charge is 2.16. The van der Waals surface area contributed by atoms with Crippen molar-refractivity contribution in [3.8, 4) is 0 Å². The summed E-state index contributed by atoms with van der Waals surface area (Å²) in [4.78, 5) is 18.3. The van der Waals surface area contributed by atoms with E-state index in [2.05, 4.69) is 25.8 Å². The van der Waals surface area contributed by atoms with Crippen LogP contribution in [-0.2, 0) is 23.6 Å². The molecule has 1 heterocycles. The van der Waals surface area contributed by atoms with Gasteiger partial charge in [0.15, 0.2) is 5.96 Å². The number of aliphatic imine (C=N–C) groups is 1. The number of carbonyl (C=O) groups excluding carboxylic acids is 1. The zero-order valence-corrected chi connectivity index (χ0v) is 21.6. The molecular weight excluding hydrogens is 540 g/mol. The molecule has 0 radical (unpaired) electrons. The molecule has 9 heteroatoms. The molecule has 0 saturated carbocycles. The number of amides is 1. The molecule has 0 bridgehead atoms. The molecule has 6 nitrogen and oxygen atoms in total. The average molecular weight is 572 g/mol. The smallest absolute Gasteiger partial charge is 0.239 e. The predicted molar refractivity (Wildman–Crippen MR) is 142 cm³/mol. The zero-order chi connectivity index (χ0) is 22.1. The van der Waals surface area contributed by atoms with Crippen LogP contribution in [-0.4, -0.2) is 44.3 Å². The molecule has 1 aliphatic rings. The van der Waals surface area contributed by atoms with Crippen LogP contribution in [0.5, 0.6) is 0 Å². The molecule has 1 aliphatic heterocycles. The van der Waals surface area contributed by atoms with Gasteiger partial charge in [-0.05, 0) is 54.1 Å². The van der Waals surface area contributed by atoms with Gasteiger partial charge in [0.25, 0.3) is 0 Å². The first-order chi connectivity index (χ1) is 15.1. The Kier molecular flexibility index (Phi) is 11.1. The van der Waals surface area contributed by atoms with Gasteiger partial charge in [0.2, 0.25) is 5.91 Å². The number of anilines is 1. The number of benzene rings is 2. The van der Waals surface area contributed by atoms with Crippen LogP contribution in [0, 0.1) is 5.82 Å². The molecule has 0 aliphatic carbocycles. The maximum atomic E-state index is 13.6. The van der Waals surface area contributed by atoms with E-state index in [4.69, 9.17) is 0 Å². The van der Waals surface area contributed by atoms with E-state index in [9.17, 15) is 9.18 Å². The van der Waals surface area contributed by atoms with E-state index in [-0.39, 0.29) is 35.7 Å². The van der Waals surface area contributed by atoms with Crippen LogP contribution in [0.15, 0.2) is 47.5 Å². The molecule has 0 unspecified atom stereocenters. The van der Waals surface area contributed by atoms with Crippen LogP contribution in [0.25, 0.3) is 0 Å². The lowest BCUT2D eigenvalue weighted by Gasteiger charge is -2.28. The van der Waals surface area contributed by atoms with Gasteiger partial charge in [-0.1, -0.05) is 18.2 Å². The third kappa shape index (κ3) is 7.84. The van der Waals surface area contributed by atoms with Crippen LogP contribution in [0.2, 0.25) is 0 Å². The molecule has 0 aromatic heterocycles. The van der Waals surface area contributed by atoms with Crippen molar-refractivity contribution in [1.29, 1.82) is 0 Å². The van der Waals surface area contributed by atoms with Gasteiger partial charge < -0.3 is 20.9 Å². The predicted octanol–water partition coefficient (Wildman–Crippen LogP) is 3.50. The van der Waals surface area contributed by atoms with Crippen molar-refractivity contribution in [2.45, 2.75) is 25.8 Å². The summed E-state index contributed by atoms with van der Waals surface area (Å²) < 4.78 is 13.6. The molecule has 2 aromatic carbocycles. The maximum Gasteiger partial charge on any atom is 0.239 e. The van der Waals surface area contributed by atoms with Gasteiger partial charge >= 0.3 is 0 Å². The van der Waals surface area contributed by atoms with Gasteiger partial charge in [-0.3, -0.25) is 4.79 Å². The summed E-state index contributed by atoms with van der Waals surface area (Å²) in [7, 11) is 0. The second-order valence-electron chi connectivity index (χ2n) is 7.33. The van der Waals surface area contributed by atoms with E-state index < -0.39 is 0 Å². The van der Waals surface area contributed by atoms with Crippen molar-refractivity contribution in [3.63, 3.8) is 0 Å². The van der Waals surface area contributed by atoms with Gasteiger partial charge in [0.1, 0.15) is 5.82 Å². The molecule has 2 aromatic rings. The summed E-state index contributed by atoms with van der Waals surface area (Å²) in [6.45, 7) is 5.79. The third-order valence-corrected chi connectivity index (χ3v) is 5.62. The molecule has 1 fully saturated rings. The maximum absolute atomic E-state index is 13.6. The number of guanidine groups is 1. The van der Waals surface area contributed by atoms with Crippen LogP contribution in [0.4, 0.5) is 10.1 Å². The number of thioether (sulfide) groups is 1. The zero-order valence-electron chi connectivity index (χ0n) is 18.5. The van der Waals surface area contributed by atoms with Crippen LogP contribution >= 0.6 is 35.7 Å². The highest BCUT2D eigenvalue weighted by Crippen LogP contribution is 2.18. The topological polar surface area (TPSA) is 68.8 Å². The van der Waals surface area contributed by atoms with E-state index >= 15 is 0 Å². The first-order valence-electron chi connectivity index (χ1n) is 10.5. The fourth-order valence-corrected chi connectivity index (χ4v) is 4.00. The molecule has 1 amide bonds. The monoisotopic (exact) mass is 571 g/mol. The molecule has 0 atom stereocenters. The summed E-state index contributed by atoms with van der Waals surface area (Å²) >= 11 is 1.68. The van der Waals surface area contributed by atoms with Crippen molar-refractivity contribution in [2.75, 3.05) is 37.3 Å². The van der Waals surface area contributed by atoms with Gasteiger partial charge in [-0.25, -0.2) is 9.38 Å². The van der Waals surface area contributed by atoms with Crippen molar-refractivity contribution < 1.29 is 9.18 Å². The Labute approximate surface area is 210 Å². The molecule has 174 valence electrons. The Morgan fingerprint density at radius 3 is 2.66 bits per heavy atom. The van der Waals surface area contributed by atoms with Gasteiger partial charge in [-0.15, -0.1) is 24.0 Å². The number of nitrogens with one attached hydrogen (secondary N) is 3. The van der Waals surface area contributed by atoms with E-state index in [0.717, 1.165) is 47.2 Å². The van der Waals surface area contributed by atoms with Gasteiger partial charge in [-0.2, -0.15) is 11.8 Å². The minimum absolute atomic E-state index is 0. The van der Waals surface area contributed by atoms with Crippen molar-refractivity contribution in [1.82, 2.24) is 16.0 Å². The first-order valence-corrected chi connectivity index (χ1v) is 11.9. The number of halogens is 2. The molecular formula is C23H31FIN5OS. The van der Waals surface area contributed by atoms with E-state index in [1.165, 1.54) is 6.07 Å². The van der Waals surface area contributed by atoms with Crippen LogP contribution < -0.4 is 20.9 Å². The Morgan fingerprint density at radius 1 is 1.19 bits per heavy atom. The second kappa shape index (κ2) is 13.5. The van der Waals surface area contributed by atoms with Crippen molar-refractivity contribution >= 4 is 53.3 Å². The largest absolute Gasteiger partial charge is 0.360 e. The minimum atomic E-state index is -0.206. The molecule has 0 spiro atoms. The number of hydrogen-bond donors (Lipinski definition) is 3. The number of piperazine rings is 1. The van der Waals surface area contributed by atoms with E-state index in [0.29, 0.717) is 26.2 Å². The lowest BCUT2D eigenvalue weighted by Crippen LogP contribution is -2.47. The number of rotatable bonds is 8. The highest BCUT2D eigenvalue weighted by atomic mass is 127. The second-order valence-corrected chi connectivity index (χ2v) is 8.20. The Morgan fingerprint density at radius 2 is 1.97 bits per heavy atom. The fraction of sp³-hybridized carbons (Fsp3) is 0.391. The molecule has 3 rings (SSSR count). The van der Waals surface area contributed by atoms with Crippen LogP contribution in [0.3, 0.4) is 0 Å².